The van der Waals surface area contributed by atoms with Crippen LogP contribution in [0.5, 0.6) is 11.5 Å². The molecule has 0 bridgehead atoms. The highest BCUT2D eigenvalue weighted by atomic mass is 35.5. The highest BCUT2D eigenvalue weighted by Gasteiger charge is 2.18. The fourth-order valence-electron chi connectivity index (χ4n) is 1.41. The Morgan fingerprint density at radius 1 is 1.60 bits per heavy atom. The second-order valence-corrected chi connectivity index (χ2v) is 3.61. The van der Waals surface area contributed by atoms with Gasteiger partial charge in [-0.05, 0) is 18.6 Å². The molecule has 0 saturated heterocycles. The number of hydrogen-bond donors (Lipinski definition) is 3. The van der Waals surface area contributed by atoms with Gasteiger partial charge in [0.05, 0.1) is 13.2 Å². The summed E-state index contributed by atoms with van der Waals surface area (Å²) < 4.78 is 5.02. The summed E-state index contributed by atoms with van der Waals surface area (Å²) in [6.07, 6.45) is -0.924. The molecule has 0 aromatic heterocycles. The van der Waals surface area contributed by atoms with E-state index in [2.05, 4.69) is 0 Å². The predicted octanol–water partition coefficient (Wildman–Crippen LogP) is 1.35. The maximum absolute atomic E-state index is 9.71. The van der Waals surface area contributed by atoms with E-state index in [1.165, 1.54) is 7.11 Å². The molecule has 0 aliphatic rings. The van der Waals surface area contributed by atoms with Gasteiger partial charge in [0.15, 0.2) is 0 Å². The Bertz CT molecular complexity index is 368. The van der Waals surface area contributed by atoms with Crippen LogP contribution >= 0.6 is 11.6 Å². The van der Waals surface area contributed by atoms with Crippen LogP contribution in [0.4, 0.5) is 0 Å². The van der Waals surface area contributed by atoms with Gasteiger partial charge in [0, 0.05) is 12.1 Å². The molecule has 1 aromatic carbocycles. The number of phenols is 1. The lowest BCUT2D eigenvalue weighted by Crippen LogP contribution is -2.12. The molecule has 5 heteroatoms. The van der Waals surface area contributed by atoms with Crippen LogP contribution in [0.2, 0.25) is 5.02 Å². The number of benzene rings is 1. The van der Waals surface area contributed by atoms with E-state index in [9.17, 15) is 10.2 Å². The number of ether oxygens (including phenoxy) is 1. The Labute approximate surface area is 93.2 Å². The van der Waals surface area contributed by atoms with Gasteiger partial charge in [-0.3, -0.25) is 0 Å². The van der Waals surface area contributed by atoms with E-state index in [1.54, 1.807) is 13.0 Å². The topological polar surface area (TPSA) is 75.7 Å². The molecule has 0 spiro atoms. The van der Waals surface area contributed by atoms with Crippen molar-refractivity contribution in [2.24, 2.45) is 5.73 Å². The molecule has 1 rings (SSSR count). The molecule has 1 atom stereocenters. The maximum Gasteiger partial charge on any atom is 0.144 e. The third kappa shape index (κ3) is 2.17. The highest BCUT2D eigenvalue weighted by Crippen LogP contribution is 2.40. The van der Waals surface area contributed by atoms with Crippen LogP contribution in [0.25, 0.3) is 0 Å². The highest BCUT2D eigenvalue weighted by molar-refractivity contribution is 6.33. The minimum atomic E-state index is -0.924. The number of nitrogens with two attached hydrogens (primary N) is 1. The number of aryl methyl sites for hydroxylation is 1. The predicted molar refractivity (Wildman–Crippen MR) is 58.4 cm³/mol. The van der Waals surface area contributed by atoms with E-state index >= 15 is 0 Å². The Morgan fingerprint density at radius 3 is 2.67 bits per heavy atom. The van der Waals surface area contributed by atoms with Crippen molar-refractivity contribution in [3.8, 4) is 11.5 Å². The summed E-state index contributed by atoms with van der Waals surface area (Å²) >= 11 is 5.88. The first-order chi connectivity index (χ1) is 7.02. The summed E-state index contributed by atoms with van der Waals surface area (Å²) in [5, 5.41) is 19.3. The van der Waals surface area contributed by atoms with E-state index in [4.69, 9.17) is 22.1 Å². The fraction of sp³-hybridized carbons (Fsp3) is 0.400. The van der Waals surface area contributed by atoms with Crippen LogP contribution in [0.3, 0.4) is 0 Å². The van der Waals surface area contributed by atoms with Gasteiger partial charge >= 0.3 is 0 Å². The average molecular weight is 232 g/mol. The molecule has 0 amide bonds. The molecule has 4 nitrogen and oxygen atoms in total. The Balaban J connectivity index is 3.33. The van der Waals surface area contributed by atoms with Gasteiger partial charge in [-0.15, -0.1) is 0 Å². The molecule has 0 aliphatic carbocycles. The summed E-state index contributed by atoms with van der Waals surface area (Å²) in [6.45, 7) is 1.80. The minimum absolute atomic E-state index is 0.0235. The molecule has 0 saturated carbocycles. The van der Waals surface area contributed by atoms with Crippen molar-refractivity contribution >= 4 is 11.6 Å². The maximum atomic E-state index is 9.71. The van der Waals surface area contributed by atoms with Crippen molar-refractivity contribution in [3.63, 3.8) is 0 Å². The summed E-state index contributed by atoms with van der Waals surface area (Å²) in [7, 11) is 1.46. The van der Waals surface area contributed by atoms with Crippen LogP contribution in [0.15, 0.2) is 6.07 Å². The molecule has 84 valence electrons. The molecular weight excluding hydrogens is 218 g/mol. The summed E-state index contributed by atoms with van der Waals surface area (Å²) in [5.74, 6) is 0.221. The third-order valence-corrected chi connectivity index (χ3v) is 2.55. The number of methoxy groups -OCH3 is 1. The van der Waals surface area contributed by atoms with Crippen LogP contribution in [0.1, 0.15) is 17.2 Å². The van der Waals surface area contributed by atoms with Crippen molar-refractivity contribution in [3.05, 3.63) is 22.2 Å². The monoisotopic (exact) mass is 231 g/mol. The summed E-state index contributed by atoms with van der Waals surface area (Å²) in [5.41, 5.74) is 6.37. The van der Waals surface area contributed by atoms with E-state index in [0.29, 0.717) is 11.3 Å². The Morgan fingerprint density at radius 2 is 2.20 bits per heavy atom. The van der Waals surface area contributed by atoms with Gasteiger partial charge in [-0.25, -0.2) is 0 Å². The number of aliphatic hydroxyl groups is 1. The largest absolute Gasteiger partial charge is 0.506 e. The number of aromatic hydroxyl groups is 1. The van der Waals surface area contributed by atoms with Gasteiger partial charge < -0.3 is 20.7 Å². The number of rotatable bonds is 3. The zero-order valence-electron chi connectivity index (χ0n) is 8.62. The molecule has 0 fully saturated rings. The molecule has 0 aliphatic heterocycles. The molecule has 4 N–H and O–H groups in total. The first-order valence-corrected chi connectivity index (χ1v) is 4.84. The van der Waals surface area contributed by atoms with Gasteiger partial charge in [0.2, 0.25) is 0 Å². The number of hydrogen-bond acceptors (Lipinski definition) is 4. The first-order valence-electron chi connectivity index (χ1n) is 4.47. The number of halogens is 1. The average Bonchev–Trinajstić information content (AvgIpc) is 2.23. The Hall–Kier alpha value is -0.970. The van der Waals surface area contributed by atoms with Crippen LogP contribution in [0, 0.1) is 6.92 Å². The number of phenolic OH excluding ortho intramolecular Hbond substituents is 1. The van der Waals surface area contributed by atoms with Gasteiger partial charge in [-0.2, -0.15) is 0 Å². The quantitative estimate of drug-likeness (QED) is 0.734. The molecule has 0 heterocycles. The molecular formula is C10H14ClNO3. The fourth-order valence-corrected chi connectivity index (χ4v) is 1.74. The van der Waals surface area contributed by atoms with Crippen LogP contribution in [-0.2, 0) is 0 Å². The van der Waals surface area contributed by atoms with Crippen molar-refractivity contribution in [2.75, 3.05) is 13.7 Å². The van der Waals surface area contributed by atoms with Crippen molar-refractivity contribution in [1.82, 2.24) is 0 Å². The summed E-state index contributed by atoms with van der Waals surface area (Å²) in [6, 6.07) is 1.61. The SMILES string of the molecule is COc1c(C)cc(C(O)CN)c(O)c1Cl. The van der Waals surface area contributed by atoms with Crippen LogP contribution in [-0.4, -0.2) is 23.9 Å². The molecule has 1 aromatic rings. The molecule has 1 unspecified atom stereocenters. The minimum Gasteiger partial charge on any atom is -0.506 e. The van der Waals surface area contributed by atoms with Crippen LogP contribution < -0.4 is 10.5 Å². The molecule has 15 heavy (non-hydrogen) atoms. The zero-order valence-corrected chi connectivity index (χ0v) is 9.38. The van der Waals surface area contributed by atoms with Crippen molar-refractivity contribution < 1.29 is 14.9 Å². The first kappa shape index (κ1) is 12.1. The van der Waals surface area contributed by atoms with Gasteiger partial charge in [-0.1, -0.05) is 11.6 Å². The number of aliphatic hydroxyl groups excluding tert-OH is 1. The lowest BCUT2D eigenvalue weighted by atomic mass is 10.0. The lowest BCUT2D eigenvalue weighted by molar-refractivity contribution is 0.182. The van der Waals surface area contributed by atoms with E-state index in [1.807, 2.05) is 0 Å². The second-order valence-electron chi connectivity index (χ2n) is 3.23. The third-order valence-electron chi connectivity index (χ3n) is 2.20. The van der Waals surface area contributed by atoms with Crippen molar-refractivity contribution in [1.29, 1.82) is 0 Å². The Kier molecular flexibility index (Phi) is 3.79. The lowest BCUT2D eigenvalue weighted by Gasteiger charge is -2.15. The zero-order chi connectivity index (χ0) is 11.6. The summed E-state index contributed by atoms with van der Waals surface area (Å²) in [4.78, 5) is 0. The van der Waals surface area contributed by atoms with Gasteiger partial charge in [0.1, 0.15) is 16.5 Å². The van der Waals surface area contributed by atoms with E-state index < -0.39 is 6.10 Å². The van der Waals surface area contributed by atoms with Gasteiger partial charge in [0.25, 0.3) is 0 Å². The second kappa shape index (κ2) is 4.70. The normalized spacial score (nSPS) is 12.6. The molecule has 0 radical (unpaired) electrons. The standard InChI is InChI=1S/C10H14ClNO3/c1-5-3-6(7(13)4-12)9(14)8(11)10(5)15-2/h3,7,13-14H,4,12H2,1-2H3. The van der Waals surface area contributed by atoms with Crippen molar-refractivity contribution in [2.45, 2.75) is 13.0 Å². The smallest absolute Gasteiger partial charge is 0.144 e. The van der Waals surface area contributed by atoms with E-state index in [0.717, 1.165) is 5.56 Å². The van der Waals surface area contributed by atoms with E-state index in [-0.39, 0.29) is 17.3 Å².